The van der Waals surface area contributed by atoms with Crippen molar-refractivity contribution in [1.29, 1.82) is 0 Å². The fourth-order valence-electron chi connectivity index (χ4n) is 4.40. The molecule has 0 amide bonds. The van der Waals surface area contributed by atoms with E-state index in [0.717, 1.165) is 22.3 Å². The Bertz CT molecular complexity index is 1270. The van der Waals surface area contributed by atoms with Crippen molar-refractivity contribution in [2.24, 2.45) is 0 Å². The van der Waals surface area contributed by atoms with E-state index in [0.29, 0.717) is 0 Å². The van der Waals surface area contributed by atoms with Crippen LogP contribution in [0.1, 0.15) is 22.6 Å². The predicted molar refractivity (Wildman–Crippen MR) is 109 cm³/mol. The number of ether oxygens (including phenoxy) is 1. The average molecular weight is 350 g/mol. The molecule has 4 aromatic rings. The summed E-state index contributed by atoms with van der Waals surface area (Å²) in [6.45, 7) is 2.12. The maximum Gasteiger partial charge on any atom is 0.135 e. The quantitative estimate of drug-likeness (QED) is 0.397. The molecule has 27 heavy (non-hydrogen) atoms. The van der Waals surface area contributed by atoms with E-state index in [2.05, 4.69) is 79.7 Å². The van der Waals surface area contributed by atoms with Crippen molar-refractivity contribution in [2.75, 3.05) is 0 Å². The van der Waals surface area contributed by atoms with Crippen molar-refractivity contribution in [3.8, 4) is 5.75 Å². The molecule has 0 N–H and O–H groups in total. The lowest BCUT2D eigenvalue weighted by Gasteiger charge is -2.23. The van der Waals surface area contributed by atoms with Crippen LogP contribution in [0.3, 0.4) is 0 Å². The summed E-state index contributed by atoms with van der Waals surface area (Å²) < 4.78 is 12.4. The Morgan fingerprint density at radius 1 is 0.852 bits per heavy atom. The molecule has 0 spiro atoms. The van der Waals surface area contributed by atoms with E-state index in [4.69, 9.17) is 9.15 Å². The summed E-state index contributed by atoms with van der Waals surface area (Å²) in [6, 6.07) is 21.2. The molecule has 0 bridgehead atoms. The predicted octanol–water partition coefficient (Wildman–Crippen LogP) is 6.39. The molecule has 1 aliphatic heterocycles. The van der Waals surface area contributed by atoms with Crippen molar-refractivity contribution in [3.05, 3.63) is 95.6 Å². The minimum atomic E-state index is 0.0322. The number of hydrogen-bond acceptors (Lipinski definition) is 2. The molecule has 3 aromatic carbocycles. The zero-order chi connectivity index (χ0) is 18.0. The molecule has 0 fully saturated rings. The number of rotatable bonds is 1. The highest BCUT2D eigenvalue weighted by Gasteiger charge is 2.36. The first-order valence-corrected chi connectivity index (χ1v) is 9.35. The van der Waals surface area contributed by atoms with E-state index < -0.39 is 0 Å². The molecule has 130 valence electrons. The first kappa shape index (κ1) is 14.9. The van der Waals surface area contributed by atoms with Crippen LogP contribution in [-0.2, 0) is 0 Å². The molecule has 2 unspecified atom stereocenters. The Kier molecular flexibility index (Phi) is 2.96. The summed E-state index contributed by atoms with van der Waals surface area (Å²) in [4.78, 5) is 0. The van der Waals surface area contributed by atoms with E-state index in [1.807, 2.05) is 6.07 Å². The largest absolute Gasteiger partial charge is 0.484 e. The fraction of sp³-hybridized carbons (Fsp3) is 0.120. The summed E-state index contributed by atoms with van der Waals surface area (Å²) in [5, 5.41) is 2.33. The number of aryl methyl sites for hydroxylation is 1. The molecule has 2 heterocycles. The number of allylic oxidation sites excluding steroid dienone is 2. The van der Waals surface area contributed by atoms with Crippen LogP contribution >= 0.6 is 0 Å². The van der Waals surface area contributed by atoms with Gasteiger partial charge in [0.15, 0.2) is 0 Å². The van der Waals surface area contributed by atoms with Gasteiger partial charge in [0, 0.05) is 27.8 Å². The molecule has 1 aromatic heterocycles. The average Bonchev–Trinajstić information content (AvgIpc) is 3.25. The molecule has 2 atom stereocenters. The zero-order valence-electron chi connectivity index (χ0n) is 15.0. The third-order valence-corrected chi connectivity index (χ3v) is 5.72. The van der Waals surface area contributed by atoms with E-state index in [9.17, 15) is 0 Å². The highest BCUT2D eigenvalue weighted by molar-refractivity contribution is 6.06. The number of para-hydroxylation sites is 1. The van der Waals surface area contributed by atoms with Crippen LogP contribution in [0.5, 0.6) is 5.75 Å². The third kappa shape index (κ3) is 2.13. The molecule has 0 saturated carbocycles. The second-order valence-corrected chi connectivity index (χ2v) is 7.42. The maximum atomic E-state index is 6.34. The first-order chi connectivity index (χ1) is 13.3. The highest BCUT2D eigenvalue weighted by Crippen LogP contribution is 2.46. The van der Waals surface area contributed by atoms with Crippen LogP contribution in [0.15, 0.2) is 83.3 Å². The van der Waals surface area contributed by atoms with Gasteiger partial charge in [-0.2, -0.15) is 0 Å². The lowest BCUT2D eigenvalue weighted by atomic mass is 9.84. The van der Waals surface area contributed by atoms with E-state index in [-0.39, 0.29) is 12.0 Å². The van der Waals surface area contributed by atoms with Crippen molar-refractivity contribution in [2.45, 2.75) is 18.9 Å². The van der Waals surface area contributed by atoms with Gasteiger partial charge in [-0.1, -0.05) is 54.1 Å². The van der Waals surface area contributed by atoms with Crippen molar-refractivity contribution < 1.29 is 9.15 Å². The van der Waals surface area contributed by atoms with Gasteiger partial charge in [0.1, 0.15) is 23.0 Å². The highest BCUT2D eigenvalue weighted by atomic mass is 16.5. The molecule has 0 saturated heterocycles. The standard InChI is InChI=1S/C25H18O2/c1-15-9-11-23-20(13-15)21-14-16(10-12-24(21)26-23)17-6-4-7-19-18-5-2-3-8-22(18)27-25(17)19/h2-14,19,25H,1H3. The molecule has 1 aliphatic carbocycles. The van der Waals surface area contributed by atoms with Crippen LogP contribution in [0.4, 0.5) is 0 Å². The molecule has 2 aliphatic rings. The monoisotopic (exact) mass is 350 g/mol. The number of fused-ring (bicyclic) bond motifs is 6. The van der Waals surface area contributed by atoms with Gasteiger partial charge >= 0.3 is 0 Å². The summed E-state index contributed by atoms with van der Waals surface area (Å²) in [5.74, 6) is 1.27. The number of furan rings is 1. The number of hydrogen-bond donors (Lipinski definition) is 0. The van der Waals surface area contributed by atoms with Gasteiger partial charge in [0.25, 0.3) is 0 Å². The van der Waals surface area contributed by atoms with Gasteiger partial charge in [-0.3, -0.25) is 0 Å². The normalized spacial score (nSPS) is 20.4. The smallest absolute Gasteiger partial charge is 0.135 e. The third-order valence-electron chi connectivity index (χ3n) is 5.72. The molecular formula is C25H18O2. The van der Waals surface area contributed by atoms with Gasteiger partial charge in [0.05, 0.1) is 0 Å². The summed E-state index contributed by atoms with van der Waals surface area (Å²) >= 11 is 0. The Labute approximate surface area is 157 Å². The number of benzene rings is 3. The molecule has 0 radical (unpaired) electrons. The van der Waals surface area contributed by atoms with Crippen molar-refractivity contribution in [3.63, 3.8) is 0 Å². The minimum Gasteiger partial charge on any atom is -0.484 e. The van der Waals surface area contributed by atoms with Crippen LogP contribution in [0.25, 0.3) is 27.5 Å². The van der Waals surface area contributed by atoms with E-state index in [1.165, 1.54) is 27.6 Å². The Morgan fingerprint density at radius 2 is 1.67 bits per heavy atom. The Morgan fingerprint density at radius 3 is 2.59 bits per heavy atom. The molecule has 2 nitrogen and oxygen atoms in total. The maximum absolute atomic E-state index is 6.34. The second kappa shape index (κ2) is 5.37. The summed E-state index contributed by atoms with van der Waals surface area (Å²) in [6.07, 6.45) is 6.62. The van der Waals surface area contributed by atoms with Gasteiger partial charge in [-0.15, -0.1) is 0 Å². The molecular weight excluding hydrogens is 332 g/mol. The zero-order valence-corrected chi connectivity index (χ0v) is 15.0. The van der Waals surface area contributed by atoms with Crippen molar-refractivity contribution >= 4 is 27.5 Å². The van der Waals surface area contributed by atoms with E-state index in [1.54, 1.807) is 0 Å². The fourth-order valence-corrected chi connectivity index (χ4v) is 4.40. The van der Waals surface area contributed by atoms with Crippen LogP contribution in [0, 0.1) is 6.92 Å². The summed E-state index contributed by atoms with van der Waals surface area (Å²) in [5.41, 5.74) is 6.80. The SMILES string of the molecule is Cc1ccc2oc3ccc(C4=CC=CC5c6ccccc6OC45)cc3c2c1. The summed E-state index contributed by atoms with van der Waals surface area (Å²) in [7, 11) is 0. The Hall–Kier alpha value is -3.26. The van der Waals surface area contributed by atoms with Crippen molar-refractivity contribution in [1.82, 2.24) is 0 Å². The van der Waals surface area contributed by atoms with Gasteiger partial charge in [-0.05, 0) is 42.8 Å². The molecule has 6 rings (SSSR count). The van der Waals surface area contributed by atoms with E-state index >= 15 is 0 Å². The molecule has 2 heteroatoms. The Balaban J connectivity index is 1.50. The minimum absolute atomic E-state index is 0.0322. The lowest BCUT2D eigenvalue weighted by molar-refractivity contribution is 0.278. The van der Waals surface area contributed by atoms with Gasteiger partial charge in [0.2, 0.25) is 0 Å². The van der Waals surface area contributed by atoms with Crippen LogP contribution in [0.2, 0.25) is 0 Å². The van der Waals surface area contributed by atoms with Gasteiger partial charge < -0.3 is 9.15 Å². The topological polar surface area (TPSA) is 22.4 Å². The second-order valence-electron chi connectivity index (χ2n) is 7.42. The first-order valence-electron chi connectivity index (χ1n) is 9.35. The van der Waals surface area contributed by atoms with Gasteiger partial charge in [-0.25, -0.2) is 0 Å². The van der Waals surface area contributed by atoms with Crippen LogP contribution < -0.4 is 4.74 Å². The van der Waals surface area contributed by atoms with Crippen LogP contribution in [-0.4, -0.2) is 6.10 Å². The lowest BCUT2D eigenvalue weighted by Crippen LogP contribution is -2.21.